The van der Waals surface area contributed by atoms with Gasteiger partial charge >= 0.3 is 0 Å². The lowest BCUT2D eigenvalue weighted by molar-refractivity contribution is 0.0945. The third-order valence-corrected chi connectivity index (χ3v) is 4.22. The highest BCUT2D eigenvalue weighted by atomic mass is 19.1. The zero-order chi connectivity index (χ0) is 19.4. The Balaban J connectivity index is 1.77. The summed E-state index contributed by atoms with van der Waals surface area (Å²) >= 11 is 0. The van der Waals surface area contributed by atoms with E-state index in [0.29, 0.717) is 30.1 Å². The van der Waals surface area contributed by atoms with Gasteiger partial charge in [0.1, 0.15) is 11.6 Å². The fraction of sp³-hybridized carbons (Fsp3) is 0.250. The highest BCUT2D eigenvalue weighted by Gasteiger charge is 2.18. The van der Waals surface area contributed by atoms with Crippen LogP contribution >= 0.6 is 0 Å². The Morgan fingerprint density at radius 2 is 2.00 bits per heavy atom. The SMILES string of the molecule is CCOc1ccccc1CNC(=O)c1nnn(-c2ccc(C)c(F)c2)c1C. The molecule has 27 heavy (non-hydrogen) atoms. The number of amides is 1. The molecule has 3 rings (SSSR count). The molecule has 0 saturated carbocycles. The Morgan fingerprint density at radius 1 is 1.22 bits per heavy atom. The molecule has 0 aliphatic heterocycles. The Morgan fingerprint density at radius 3 is 2.74 bits per heavy atom. The molecule has 0 aliphatic rings. The van der Waals surface area contributed by atoms with E-state index in [-0.39, 0.29) is 17.4 Å². The van der Waals surface area contributed by atoms with E-state index in [1.807, 2.05) is 31.2 Å². The highest BCUT2D eigenvalue weighted by Crippen LogP contribution is 2.18. The summed E-state index contributed by atoms with van der Waals surface area (Å²) in [7, 11) is 0. The fourth-order valence-electron chi connectivity index (χ4n) is 2.70. The number of hydrogen-bond acceptors (Lipinski definition) is 4. The number of ether oxygens (including phenoxy) is 1. The molecule has 0 aliphatic carbocycles. The predicted octanol–water partition coefficient (Wildman–Crippen LogP) is 3.35. The molecule has 1 N–H and O–H groups in total. The maximum absolute atomic E-state index is 13.8. The number of nitrogens with zero attached hydrogens (tertiary/aromatic N) is 3. The van der Waals surface area contributed by atoms with Crippen molar-refractivity contribution in [2.45, 2.75) is 27.3 Å². The van der Waals surface area contributed by atoms with Gasteiger partial charge in [-0.3, -0.25) is 4.79 Å². The third-order valence-electron chi connectivity index (χ3n) is 4.22. The minimum absolute atomic E-state index is 0.199. The van der Waals surface area contributed by atoms with Crippen molar-refractivity contribution in [2.75, 3.05) is 6.61 Å². The van der Waals surface area contributed by atoms with Crippen molar-refractivity contribution in [1.82, 2.24) is 20.3 Å². The molecule has 2 aromatic carbocycles. The Kier molecular flexibility index (Phi) is 5.49. The van der Waals surface area contributed by atoms with Gasteiger partial charge in [0.2, 0.25) is 0 Å². The summed E-state index contributed by atoms with van der Waals surface area (Å²) in [5.74, 6) is 0.0503. The lowest BCUT2D eigenvalue weighted by Crippen LogP contribution is -2.24. The van der Waals surface area contributed by atoms with Gasteiger partial charge in [0.25, 0.3) is 5.91 Å². The normalized spacial score (nSPS) is 10.7. The number of aryl methyl sites for hydroxylation is 1. The molecule has 3 aromatic rings. The molecule has 1 aromatic heterocycles. The van der Waals surface area contributed by atoms with Crippen molar-refractivity contribution < 1.29 is 13.9 Å². The van der Waals surface area contributed by atoms with E-state index in [0.717, 1.165) is 11.3 Å². The number of nitrogens with one attached hydrogen (secondary N) is 1. The van der Waals surface area contributed by atoms with Crippen LogP contribution in [-0.2, 0) is 6.54 Å². The summed E-state index contributed by atoms with van der Waals surface area (Å²) in [6.07, 6.45) is 0. The molecule has 0 unspecified atom stereocenters. The van der Waals surface area contributed by atoms with E-state index >= 15 is 0 Å². The van der Waals surface area contributed by atoms with Gasteiger partial charge in [-0.25, -0.2) is 9.07 Å². The summed E-state index contributed by atoms with van der Waals surface area (Å²) in [6.45, 7) is 6.17. The second-order valence-corrected chi connectivity index (χ2v) is 6.09. The molecule has 0 radical (unpaired) electrons. The molecular formula is C20H21FN4O2. The van der Waals surface area contributed by atoms with Crippen LogP contribution in [0.2, 0.25) is 0 Å². The first-order valence-corrected chi connectivity index (χ1v) is 8.69. The van der Waals surface area contributed by atoms with Gasteiger partial charge in [0, 0.05) is 12.1 Å². The summed E-state index contributed by atoms with van der Waals surface area (Å²) in [5, 5.41) is 10.8. The zero-order valence-electron chi connectivity index (χ0n) is 15.5. The van der Waals surface area contributed by atoms with E-state index in [2.05, 4.69) is 15.6 Å². The number of aromatic nitrogens is 3. The summed E-state index contributed by atoms with van der Waals surface area (Å²) in [5.41, 5.74) is 2.67. The van der Waals surface area contributed by atoms with Crippen LogP contribution < -0.4 is 10.1 Å². The number of carbonyl (C=O) groups excluding carboxylic acids is 1. The van der Waals surface area contributed by atoms with Crippen molar-refractivity contribution in [1.29, 1.82) is 0 Å². The standard InChI is InChI=1S/C20H21FN4O2/c1-4-27-18-8-6-5-7-15(18)12-22-20(26)19-14(3)25(24-23-19)16-10-9-13(2)17(21)11-16/h5-11H,4,12H2,1-3H3,(H,22,26). The van der Waals surface area contributed by atoms with Gasteiger partial charge in [-0.1, -0.05) is 29.5 Å². The number of para-hydroxylation sites is 1. The summed E-state index contributed by atoms with van der Waals surface area (Å²) in [4.78, 5) is 12.5. The number of halogens is 1. The van der Waals surface area contributed by atoms with Gasteiger partial charge in [-0.15, -0.1) is 5.10 Å². The minimum Gasteiger partial charge on any atom is -0.494 e. The molecule has 1 amide bonds. The van der Waals surface area contributed by atoms with Gasteiger partial charge < -0.3 is 10.1 Å². The third kappa shape index (κ3) is 3.97. The number of benzene rings is 2. The van der Waals surface area contributed by atoms with Crippen molar-refractivity contribution in [3.05, 3.63) is 70.8 Å². The van der Waals surface area contributed by atoms with E-state index in [1.165, 1.54) is 10.7 Å². The van der Waals surface area contributed by atoms with Gasteiger partial charge in [0.15, 0.2) is 5.69 Å². The Bertz CT molecular complexity index is 968. The molecule has 0 atom stereocenters. The highest BCUT2D eigenvalue weighted by molar-refractivity contribution is 5.93. The van der Waals surface area contributed by atoms with Gasteiger partial charge in [-0.2, -0.15) is 0 Å². The van der Waals surface area contributed by atoms with Crippen LogP contribution in [0.5, 0.6) is 5.75 Å². The molecule has 140 valence electrons. The second-order valence-electron chi connectivity index (χ2n) is 6.09. The average molecular weight is 368 g/mol. The number of carbonyl (C=O) groups is 1. The molecule has 0 saturated heterocycles. The van der Waals surface area contributed by atoms with E-state index in [9.17, 15) is 9.18 Å². The van der Waals surface area contributed by atoms with Crippen LogP contribution in [0.1, 0.15) is 34.2 Å². The maximum atomic E-state index is 13.8. The Labute approximate surface area is 157 Å². The minimum atomic E-state index is -0.349. The van der Waals surface area contributed by atoms with Crippen LogP contribution in [0.25, 0.3) is 5.69 Å². The number of rotatable bonds is 6. The topological polar surface area (TPSA) is 69.0 Å². The lowest BCUT2D eigenvalue weighted by Gasteiger charge is -2.10. The van der Waals surface area contributed by atoms with E-state index < -0.39 is 0 Å². The van der Waals surface area contributed by atoms with Crippen molar-refractivity contribution in [2.24, 2.45) is 0 Å². The smallest absolute Gasteiger partial charge is 0.274 e. The summed E-state index contributed by atoms with van der Waals surface area (Å²) < 4.78 is 20.8. The first kappa shape index (κ1) is 18.6. The van der Waals surface area contributed by atoms with Crippen LogP contribution in [0.4, 0.5) is 4.39 Å². The van der Waals surface area contributed by atoms with E-state index in [1.54, 1.807) is 26.0 Å². The predicted molar refractivity (Wildman–Crippen MR) is 99.6 cm³/mol. The first-order chi connectivity index (χ1) is 13.0. The van der Waals surface area contributed by atoms with Crippen LogP contribution in [0.3, 0.4) is 0 Å². The van der Waals surface area contributed by atoms with Crippen LogP contribution in [0, 0.1) is 19.7 Å². The molecular weight excluding hydrogens is 347 g/mol. The lowest BCUT2D eigenvalue weighted by atomic mass is 10.2. The number of hydrogen-bond donors (Lipinski definition) is 1. The van der Waals surface area contributed by atoms with Crippen molar-refractivity contribution in [3.63, 3.8) is 0 Å². The van der Waals surface area contributed by atoms with Gasteiger partial charge in [-0.05, 0) is 44.5 Å². The van der Waals surface area contributed by atoms with Crippen LogP contribution in [0.15, 0.2) is 42.5 Å². The molecule has 0 fully saturated rings. The summed E-state index contributed by atoms with van der Waals surface area (Å²) in [6, 6.07) is 12.3. The van der Waals surface area contributed by atoms with Gasteiger partial charge in [0.05, 0.1) is 18.0 Å². The van der Waals surface area contributed by atoms with Crippen molar-refractivity contribution in [3.8, 4) is 11.4 Å². The van der Waals surface area contributed by atoms with Crippen molar-refractivity contribution >= 4 is 5.91 Å². The largest absolute Gasteiger partial charge is 0.494 e. The quantitative estimate of drug-likeness (QED) is 0.724. The fourth-order valence-corrected chi connectivity index (χ4v) is 2.70. The molecule has 0 spiro atoms. The zero-order valence-corrected chi connectivity index (χ0v) is 15.5. The average Bonchev–Trinajstić information content (AvgIpc) is 3.05. The molecule has 1 heterocycles. The maximum Gasteiger partial charge on any atom is 0.274 e. The molecule has 6 nitrogen and oxygen atoms in total. The Hall–Kier alpha value is -3.22. The van der Waals surface area contributed by atoms with Crippen LogP contribution in [-0.4, -0.2) is 27.5 Å². The second kappa shape index (κ2) is 7.99. The monoisotopic (exact) mass is 368 g/mol. The van der Waals surface area contributed by atoms with E-state index in [4.69, 9.17) is 4.74 Å². The molecule has 0 bridgehead atoms. The molecule has 7 heteroatoms. The first-order valence-electron chi connectivity index (χ1n) is 8.69.